The van der Waals surface area contributed by atoms with Crippen LogP contribution in [-0.2, 0) is 6.54 Å². The summed E-state index contributed by atoms with van der Waals surface area (Å²) >= 11 is 1.83. The van der Waals surface area contributed by atoms with Crippen LogP contribution in [0.15, 0.2) is 24.3 Å². The minimum atomic E-state index is 0.879. The first-order valence-corrected chi connectivity index (χ1v) is 6.20. The maximum Gasteiger partial charge on any atom is 0.0607 e. The molecule has 0 aliphatic carbocycles. The Kier molecular flexibility index (Phi) is 3.25. The van der Waals surface area contributed by atoms with Crippen molar-refractivity contribution >= 4 is 17.0 Å². The molecule has 2 aromatic heterocycles. The average molecular weight is 232 g/mol. The Balaban J connectivity index is 2.04. The quantitative estimate of drug-likeness (QED) is 0.873. The standard InChI is InChI=1S/C13H16N2S/c1-9-4-7-13(11(3)15-9)14-8-12-6-5-10(2)16-12/h4-7,14H,8H2,1-3H3. The van der Waals surface area contributed by atoms with Crippen molar-refractivity contribution in [1.82, 2.24) is 4.98 Å². The van der Waals surface area contributed by atoms with E-state index in [0.29, 0.717) is 0 Å². The molecule has 0 bridgehead atoms. The summed E-state index contributed by atoms with van der Waals surface area (Å²) in [4.78, 5) is 7.15. The van der Waals surface area contributed by atoms with Gasteiger partial charge in [0.15, 0.2) is 0 Å². The molecule has 0 aliphatic rings. The van der Waals surface area contributed by atoms with Gasteiger partial charge in [0, 0.05) is 22.0 Å². The molecule has 0 saturated heterocycles. The Morgan fingerprint density at radius 2 is 1.94 bits per heavy atom. The number of nitrogens with zero attached hydrogens (tertiary/aromatic N) is 1. The lowest BCUT2D eigenvalue weighted by Crippen LogP contribution is -2.01. The van der Waals surface area contributed by atoms with Crippen LogP contribution in [0.5, 0.6) is 0 Å². The molecule has 0 unspecified atom stereocenters. The van der Waals surface area contributed by atoms with Crippen LogP contribution < -0.4 is 5.32 Å². The predicted molar refractivity (Wildman–Crippen MR) is 70.1 cm³/mol. The average Bonchev–Trinajstić information content (AvgIpc) is 2.63. The summed E-state index contributed by atoms with van der Waals surface area (Å²) in [5.74, 6) is 0. The molecule has 0 amide bonds. The van der Waals surface area contributed by atoms with Gasteiger partial charge in [-0.15, -0.1) is 11.3 Å². The zero-order valence-electron chi connectivity index (χ0n) is 9.87. The third-order valence-corrected chi connectivity index (χ3v) is 3.47. The Bertz CT molecular complexity index is 488. The molecule has 0 saturated carbocycles. The molecular weight excluding hydrogens is 216 g/mol. The molecule has 2 heterocycles. The van der Waals surface area contributed by atoms with Crippen LogP contribution in [0.25, 0.3) is 0 Å². The summed E-state index contributed by atoms with van der Waals surface area (Å²) in [7, 11) is 0. The number of hydrogen-bond acceptors (Lipinski definition) is 3. The Hall–Kier alpha value is -1.35. The number of rotatable bonds is 3. The van der Waals surface area contributed by atoms with E-state index in [1.165, 1.54) is 9.75 Å². The highest BCUT2D eigenvalue weighted by molar-refractivity contribution is 7.11. The number of anilines is 1. The monoisotopic (exact) mass is 232 g/mol. The van der Waals surface area contributed by atoms with Gasteiger partial charge < -0.3 is 5.32 Å². The normalized spacial score (nSPS) is 10.4. The SMILES string of the molecule is Cc1ccc(NCc2ccc(C)s2)c(C)n1. The van der Waals surface area contributed by atoms with Gasteiger partial charge in [-0.1, -0.05) is 0 Å². The minimum absolute atomic E-state index is 0.879. The second kappa shape index (κ2) is 4.66. The van der Waals surface area contributed by atoms with E-state index in [1.54, 1.807) is 0 Å². The molecule has 0 aliphatic heterocycles. The highest BCUT2D eigenvalue weighted by atomic mass is 32.1. The molecule has 84 valence electrons. The van der Waals surface area contributed by atoms with Crippen molar-refractivity contribution < 1.29 is 0 Å². The van der Waals surface area contributed by atoms with Gasteiger partial charge in [-0.25, -0.2) is 0 Å². The second-order valence-corrected chi connectivity index (χ2v) is 5.32. The third kappa shape index (κ3) is 2.61. The third-order valence-electron chi connectivity index (χ3n) is 2.47. The summed E-state index contributed by atoms with van der Waals surface area (Å²) in [6, 6.07) is 8.46. The Morgan fingerprint density at radius 1 is 1.12 bits per heavy atom. The molecule has 16 heavy (non-hydrogen) atoms. The largest absolute Gasteiger partial charge is 0.379 e. The van der Waals surface area contributed by atoms with Crippen LogP contribution in [0.1, 0.15) is 21.1 Å². The zero-order valence-corrected chi connectivity index (χ0v) is 10.7. The zero-order chi connectivity index (χ0) is 11.5. The van der Waals surface area contributed by atoms with E-state index in [-0.39, 0.29) is 0 Å². The number of thiophene rings is 1. The molecule has 0 aromatic carbocycles. The van der Waals surface area contributed by atoms with Gasteiger partial charge >= 0.3 is 0 Å². The van der Waals surface area contributed by atoms with Crippen LogP contribution in [0, 0.1) is 20.8 Å². The number of aromatic nitrogens is 1. The molecule has 2 aromatic rings. The number of hydrogen-bond donors (Lipinski definition) is 1. The summed E-state index contributed by atoms with van der Waals surface area (Å²) in [6.45, 7) is 7.06. The smallest absolute Gasteiger partial charge is 0.0607 e. The lowest BCUT2D eigenvalue weighted by Gasteiger charge is -2.08. The molecule has 0 radical (unpaired) electrons. The molecule has 1 N–H and O–H groups in total. The lowest BCUT2D eigenvalue weighted by molar-refractivity contribution is 1.09. The van der Waals surface area contributed by atoms with Gasteiger partial charge in [0.1, 0.15) is 0 Å². The minimum Gasteiger partial charge on any atom is -0.379 e. The fourth-order valence-corrected chi connectivity index (χ4v) is 2.47. The van der Waals surface area contributed by atoms with E-state index >= 15 is 0 Å². The Morgan fingerprint density at radius 3 is 2.56 bits per heavy atom. The van der Waals surface area contributed by atoms with Crippen molar-refractivity contribution in [3.8, 4) is 0 Å². The van der Waals surface area contributed by atoms with E-state index in [4.69, 9.17) is 0 Å². The first-order chi connectivity index (χ1) is 7.65. The van der Waals surface area contributed by atoms with Crippen LogP contribution in [0.4, 0.5) is 5.69 Å². The van der Waals surface area contributed by atoms with E-state index in [9.17, 15) is 0 Å². The lowest BCUT2D eigenvalue weighted by atomic mass is 10.2. The highest BCUT2D eigenvalue weighted by Crippen LogP contribution is 2.18. The molecule has 2 rings (SSSR count). The summed E-state index contributed by atoms with van der Waals surface area (Å²) in [6.07, 6.45) is 0. The van der Waals surface area contributed by atoms with Crippen LogP contribution >= 0.6 is 11.3 Å². The van der Waals surface area contributed by atoms with Gasteiger partial charge in [-0.3, -0.25) is 4.98 Å². The van der Waals surface area contributed by atoms with Crippen LogP contribution in [0.2, 0.25) is 0 Å². The van der Waals surface area contributed by atoms with Crippen molar-refractivity contribution in [2.75, 3.05) is 5.32 Å². The van der Waals surface area contributed by atoms with Crippen LogP contribution in [-0.4, -0.2) is 4.98 Å². The highest BCUT2D eigenvalue weighted by Gasteiger charge is 2.00. The molecule has 0 spiro atoms. The summed E-state index contributed by atoms with van der Waals surface area (Å²) in [5, 5.41) is 3.42. The van der Waals surface area contributed by atoms with Gasteiger partial charge in [0.25, 0.3) is 0 Å². The maximum absolute atomic E-state index is 4.43. The maximum atomic E-state index is 4.43. The Labute approximate surface area is 100 Å². The molecule has 2 nitrogen and oxygen atoms in total. The predicted octanol–water partition coefficient (Wildman–Crippen LogP) is 3.68. The molecule has 3 heteroatoms. The van der Waals surface area contributed by atoms with Gasteiger partial charge in [0.2, 0.25) is 0 Å². The van der Waals surface area contributed by atoms with E-state index in [1.807, 2.05) is 31.3 Å². The second-order valence-electron chi connectivity index (χ2n) is 3.95. The molecule has 0 atom stereocenters. The van der Waals surface area contributed by atoms with Crippen molar-refractivity contribution in [3.63, 3.8) is 0 Å². The molecule has 0 fully saturated rings. The van der Waals surface area contributed by atoms with Crippen molar-refractivity contribution in [3.05, 3.63) is 45.4 Å². The topological polar surface area (TPSA) is 24.9 Å². The molecular formula is C13H16N2S. The van der Waals surface area contributed by atoms with Gasteiger partial charge in [-0.05, 0) is 45.0 Å². The van der Waals surface area contributed by atoms with Crippen molar-refractivity contribution in [1.29, 1.82) is 0 Å². The summed E-state index contributed by atoms with van der Waals surface area (Å²) < 4.78 is 0. The van der Waals surface area contributed by atoms with Crippen molar-refractivity contribution in [2.45, 2.75) is 27.3 Å². The fraction of sp³-hybridized carbons (Fsp3) is 0.308. The van der Waals surface area contributed by atoms with E-state index in [0.717, 1.165) is 23.6 Å². The number of nitrogens with one attached hydrogen (secondary N) is 1. The summed E-state index contributed by atoms with van der Waals surface area (Å²) in [5.41, 5.74) is 3.25. The van der Waals surface area contributed by atoms with Gasteiger partial charge in [-0.2, -0.15) is 0 Å². The van der Waals surface area contributed by atoms with Crippen molar-refractivity contribution in [2.24, 2.45) is 0 Å². The fourth-order valence-electron chi connectivity index (χ4n) is 1.64. The number of aryl methyl sites for hydroxylation is 3. The van der Waals surface area contributed by atoms with Crippen LogP contribution in [0.3, 0.4) is 0 Å². The van der Waals surface area contributed by atoms with E-state index in [2.05, 4.69) is 35.4 Å². The van der Waals surface area contributed by atoms with Gasteiger partial charge in [0.05, 0.1) is 11.4 Å². The van der Waals surface area contributed by atoms with E-state index < -0.39 is 0 Å². The first kappa shape index (κ1) is 11.1. The first-order valence-electron chi connectivity index (χ1n) is 5.38. The number of pyridine rings is 1.